The molecule has 2 aromatic rings. The van der Waals surface area contributed by atoms with Crippen molar-refractivity contribution in [3.05, 3.63) is 59.0 Å². The third kappa shape index (κ3) is 3.39. The third-order valence-electron chi connectivity index (χ3n) is 5.45. The number of carbonyl (C=O) groups is 2. The van der Waals surface area contributed by atoms with Crippen molar-refractivity contribution in [1.29, 1.82) is 0 Å². The first-order valence-electron chi connectivity index (χ1n) is 9.30. The van der Waals surface area contributed by atoms with Crippen LogP contribution in [0.15, 0.2) is 41.0 Å². The van der Waals surface area contributed by atoms with Gasteiger partial charge in [0.25, 0.3) is 0 Å². The van der Waals surface area contributed by atoms with Gasteiger partial charge in [-0.05, 0) is 31.4 Å². The van der Waals surface area contributed by atoms with E-state index < -0.39 is 0 Å². The van der Waals surface area contributed by atoms with Crippen molar-refractivity contribution in [3.8, 4) is 0 Å². The number of fused-ring (bicyclic) bond motifs is 1. The summed E-state index contributed by atoms with van der Waals surface area (Å²) in [6, 6.07) is 10.1. The molecule has 0 bridgehead atoms. The van der Waals surface area contributed by atoms with Gasteiger partial charge in [0.05, 0.1) is 18.2 Å². The molecule has 1 aromatic carbocycles. The van der Waals surface area contributed by atoms with Crippen LogP contribution < -0.4 is 5.32 Å². The third-order valence-corrected chi connectivity index (χ3v) is 5.45. The van der Waals surface area contributed by atoms with Gasteiger partial charge < -0.3 is 14.6 Å². The summed E-state index contributed by atoms with van der Waals surface area (Å²) >= 11 is 0. The predicted octanol–water partition coefficient (Wildman–Crippen LogP) is 3.13. The van der Waals surface area contributed by atoms with E-state index in [-0.39, 0.29) is 23.8 Å². The fourth-order valence-electron chi connectivity index (χ4n) is 3.94. The summed E-state index contributed by atoms with van der Waals surface area (Å²) < 4.78 is 5.49. The zero-order valence-electron chi connectivity index (χ0n) is 15.0. The number of rotatable bonds is 4. The van der Waals surface area contributed by atoms with Gasteiger partial charge in [-0.25, -0.2) is 0 Å². The minimum absolute atomic E-state index is 0.00579. The number of hydrogen-bond donors (Lipinski definition) is 1. The van der Waals surface area contributed by atoms with Crippen molar-refractivity contribution in [2.75, 3.05) is 6.54 Å². The molecule has 26 heavy (non-hydrogen) atoms. The summed E-state index contributed by atoms with van der Waals surface area (Å²) in [7, 11) is 0. The Hall–Kier alpha value is -2.56. The standard InChI is InChI=1S/C21H24N2O3/c1-14-5-7-15(8-6-14)12-23-13-16(11-20(23)24)21(25)22-18-3-2-4-19-17(18)9-10-26-19/h5-10,16,18H,2-4,11-13H2,1H3,(H,22,25). The number of hydrogen-bond acceptors (Lipinski definition) is 3. The average molecular weight is 352 g/mol. The lowest BCUT2D eigenvalue weighted by atomic mass is 9.93. The number of benzene rings is 1. The molecule has 5 nitrogen and oxygen atoms in total. The van der Waals surface area contributed by atoms with Gasteiger partial charge in [0.2, 0.25) is 11.8 Å². The van der Waals surface area contributed by atoms with Crippen molar-refractivity contribution in [2.45, 2.75) is 45.2 Å². The second-order valence-electron chi connectivity index (χ2n) is 7.41. The molecule has 2 aliphatic rings. The molecule has 136 valence electrons. The Balaban J connectivity index is 1.38. The van der Waals surface area contributed by atoms with Crippen LogP contribution in [0.2, 0.25) is 0 Å². The van der Waals surface area contributed by atoms with Crippen LogP contribution in [-0.2, 0) is 22.6 Å². The van der Waals surface area contributed by atoms with Crippen molar-refractivity contribution < 1.29 is 14.0 Å². The number of likely N-dealkylation sites (tertiary alicyclic amines) is 1. The van der Waals surface area contributed by atoms with E-state index in [9.17, 15) is 9.59 Å². The Labute approximate surface area is 153 Å². The van der Waals surface area contributed by atoms with Gasteiger partial charge in [0.1, 0.15) is 5.76 Å². The number of furan rings is 1. The van der Waals surface area contributed by atoms with Crippen molar-refractivity contribution in [3.63, 3.8) is 0 Å². The van der Waals surface area contributed by atoms with E-state index in [0.29, 0.717) is 19.5 Å². The topological polar surface area (TPSA) is 62.6 Å². The van der Waals surface area contributed by atoms with Crippen molar-refractivity contribution in [1.82, 2.24) is 10.2 Å². The highest BCUT2D eigenvalue weighted by atomic mass is 16.3. The second-order valence-corrected chi connectivity index (χ2v) is 7.41. The summed E-state index contributed by atoms with van der Waals surface area (Å²) in [4.78, 5) is 26.8. The summed E-state index contributed by atoms with van der Waals surface area (Å²) in [5.74, 6) is 0.734. The van der Waals surface area contributed by atoms with Gasteiger partial charge in [-0.1, -0.05) is 29.8 Å². The van der Waals surface area contributed by atoms with E-state index in [0.717, 1.165) is 36.1 Å². The first-order chi connectivity index (χ1) is 12.6. The van der Waals surface area contributed by atoms with Gasteiger partial charge in [0.15, 0.2) is 0 Å². The normalized spacial score (nSPS) is 22.3. The number of carbonyl (C=O) groups excluding carboxylic acids is 2. The molecule has 4 rings (SSSR count). The van der Waals surface area contributed by atoms with Crippen LogP contribution in [0, 0.1) is 12.8 Å². The lowest BCUT2D eigenvalue weighted by molar-refractivity contribution is -0.129. The quantitative estimate of drug-likeness (QED) is 0.919. The molecule has 0 spiro atoms. The fraction of sp³-hybridized carbons (Fsp3) is 0.429. The molecular formula is C21H24N2O3. The van der Waals surface area contributed by atoms with Gasteiger partial charge in [-0.3, -0.25) is 9.59 Å². The lowest BCUT2D eigenvalue weighted by Gasteiger charge is -2.24. The summed E-state index contributed by atoms with van der Waals surface area (Å²) in [6.07, 6.45) is 4.85. The average Bonchev–Trinajstić information content (AvgIpc) is 3.25. The first-order valence-corrected chi connectivity index (χ1v) is 9.30. The maximum absolute atomic E-state index is 12.7. The molecule has 2 heterocycles. The van der Waals surface area contributed by atoms with Crippen LogP contribution in [0.1, 0.15) is 47.8 Å². The summed E-state index contributed by atoms with van der Waals surface area (Å²) in [5, 5.41) is 3.14. The van der Waals surface area contributed by atoms with Crippen LogP contribution in [-0.4, -0.2) is 23.3 Å². The minimum atomic E-state index is -0.273. The largest absolute Gasteiger partial charge is 0.469 e. The van der Waals surface area contributed by atoms with Gasteiger partial charge in [-0.2, -0.15) is 0 Å². The number of nitrogens with zero attached hydrogens (tertiary/aromatic N) is 1. The molecule has 2 unspecified atom stereocenters. The Morgan fingerprint density at radius 1 is 1.27 bits per heavy atom. The van der Waals surface area contributed by atoms with Crippen LogP contribution in [0.5, 0.6) is 0 Å². The molecule has 2 atom stereocenters. The maximum atomic E-state index is 12.7. The highest BCUT2D eigenvalue weighted by Gasteiger charge is 2.35. The minimum Gasteiger partial charge on any atom is -0.469 e. The molecule has 1 aliphatic heterocycles. The Bertz CT molecular complexity index is 809. The molecule has 1 saturated heterocycles. The number of nitrogens with one attached hydrogen (secondary N) is 1. The van der Waals surface area contributed by atoms with Gasteiger partial charge in [0, 0.05) is 31.5 Å². The molecule has 1 aliphatic carbocycles. The number of amides is 2. The Morgan fingerprint density at radius 2 is 2.08 bits per heavy atom. The van der Waals surface area contributed by atoms with Crippen LogP contribution in [0.3, 0.4) is 0 Å². The zero-order valence-corrected chi connectivity index (χ0v) is 15.0. The fourth-order valence-corrected chi connectivity index (χ4v) is 3.94. The van der Waals surface area contributed by atoms with E-state index in [1.807, 2.05) is 37.3 Å². The van der Waals surface area contributed by atoms with Crippen molar-refractivity contribution >= 4 is 11.8 Å². The highest BCUT2D eigenvalue weighted by molar-refractivity contribution is 5.89. The van der Waals surface area contributed by atoms with Gasteiger partial charge >= 0.3 is 0 Å². The molecule has 5 heteroatoms. The molecule has 1 aromatic heterocycles. The second kappa shape index (κ2) is 6.98. The SMILES string of the molecule is Cc1ccc(CN2CC(C(=O)NC3CCCc4occc43)CC2=O)cc1. The lowest BCUT2D eigenvalue weighted by Crippen LogP contribution is -2.36. The van der Waals surface area contributed by atoms with Crippen LogP contribution >= 0.6 is 0 Å². The molecule has 0 saturated carbocycles. The monoisotopic (exact) mass is 352 g/mol. The van der Waals surface area contributed by atoms with E-state index in [2.05, 4.69) is 5.32 Å². The van der Waals surface area contributed by atoms with Gasteiger partial charge in [-0.15, -0.1) is 0 Å². The maximum Gasteiger partial charge on any atom is 0.225 e. The highest BCUT2D eigenvalue weighted by Crippen LogP contribution is 2.31. The van der Waals surface area contributed by atoms with E-state index in [1.165, 1.54) is 5.56 Å². The Morgan fingerprint density at radius 3 is 2.88 bits per heavy atom. The van der Waals surface area contributed by atoms with Crippen LogP contribution in [0.4, 0.5) is 0 Å². The summed E-state index contributed by atoms with van der Waals surface area (Å²) in [5.41, 5.74) is 3.38. The van der Waals surface area contributed by atoms with Crippen molar-refractivity contribution in [2.24, 2.45) is 5.92 Å². The predicted molar refractivity (Wildman–Crippen MR) is 97.2 cm³/mol. The summed E-state index contributed by atoms with van der Waals surface area (Å²) in [6.45, 7) is 3.10. The van der Waals surface area contributed by atoms with E-state index in [1.54, 1.807) is 11.2 Å². The molecular weight excluding hydrogens is 328 g/mol. The smallest absolute Gasteiger partial charge is 0.225 e. The number of aryl methyl sites for hydroxylation is 2. The van der Waals surface area contributed by atoms with E-state index >= 15 is 0 Å². The van der Waals surface area contributed by atoms with E-state index in [4.69, 9.17) is 4.42 Å². The molecule has 1 fully saturated rings. The molecule has 2 amide bonds. The van der Waals surface area contributed by atoms with Crippen LogP contribution in [0.25, 0.3) is 0 Å². The molecule has 0 radical (unpaired) electrons. The zero-order chi connectivity index (χ0) is 18.1. The first kappa shape index (κ1) is 16.9. The Kier molecular flexibility index (Phi) is 4.53. The molecule has 1 N–H and O–H groups in total.